The van der Waals surface area contributed by atoms with Crippen molar-refractivity contribution < 1.29 is 23.9 Å². The molecule has 0 aromatic carbocycles. The van der Waals surface area contributed by atoms with Crippen molar-refractivity contribution in [1.82, 2.24) is 15.2 Å². The van der Waals surface area contributed by atoms with Gasteiger partial charge in [-0.05, 0) is 66.9 Å². The van der Waals surface area contributed by atoms with Crippen molar-refractivity contribution in [3.63, 3.8) is 0 Å². The van der Waals surface area contributed by atoms with E-state index >= 15 is 0 Å². The van der Waals surface area contributed by atoms with Gasteiger partial charge in [0.25, 0.3) is 0 Å². The molecule has 0 fully saturated rings. The number of carbonyl (C=O) groups is 3. The van der Waals surface area contributed by atoms with E-state index in [1.807, 2.05) is 41.5 Å². The van der Waals surface area contributed by atoms with Crippen LogP contribution in [0.4, 0.5) is 5.82 Å². The highest BCUT2D eigenvalue weighted by Gasteiger charge is 2.16. The van der Waals surface area contributed by atoms with Crippen LogP contribution in [0, 0.1) is 12.3 Å². The fourth-order valence-corrected chi connectivity index (χ4v) is 2.32. The molecule has 0 unspecified atom stereocenters. The Kier molecular flexibility index (Phi) is 19.0. The van der Waals surface area contributed by atoms with Crippen molar-refractivity contribution in [2.24, 2.45) is 5.84 Å². The number of esters is 2. The number of nitrogens with two attached hydrogens (primary N) is 2. The second-order valence-corrected chi connectivity index (χ2v) is 9.58. The van der Waals surface area contributed by atoms with Crippen LogP contribution in [0.15, 0.2) is 12.3 Å². The van der Waals surface area contributed by atoms with Gasteiger partial charge in [-0.3, -0.25) is 25.5 Å². The number of nitrogens with one attached hydrogen (secondary N) is 1. The first-order valence-corrected chi connectivity index (χ1v) is 11.8. The Labute approximate surface area is 210 Å². The number of carbonyl (C=O) groups excluding carboxylic acids is 3. The fourth-order valence-electron chi connectivity index (χ4n) is 2.32. The van der Waals surface area contributed by atoms with Gasteiger partial charge in [-0.2, -0.15) is 5.10 Å². The summed E-state index contributed by atoms with van der Waals surface area (Å²) in [6.07, 6.45) is 11.5. The normalized spacial score (nSPS) is 10.6. The van der Waals surface area contributed by atoms with Gasteiger partial charge in [0.1, 0.15) is 23.3 Å². The highest BCUT2D eigenvalue weighted by molar-refractivity contribution is 5.70. The summed E-state index contributed by atoms with van der Waals surface area (Å²) < 4.78 is 12.0. The molecule has 0 aliphatic heterocycles. The molecule has 10 heteroatoms. The van der Waals surface area contributed by atoms with Gasteiger partial charge < -0.3 is 20.0 Å². The van der Waals surface area contributed by atoms with Crippen LogP contribution in [0.5, 0.6) is 0 Å². The smallest absolute Gasteiger partial charge is 0.306 e. The summed E-state index contributed by atoms with van der Waals surface area (Å²) in [6.45, 7) is 12.5. The highest BCUT2D eigenvalue weighted by Crippen LogP contribution is 2.11. The third-order valence-corrected chi connectivity index (χ3v) is 3.71. The molecule has 0 spiro atoms. The minimum atomic E-state index is -0.418. The Hall–Kier alpha value is -2.90. The molecule has 1 heterocycles. The summed E-state index contributed by atoms with van der Waals surface area (Å²) in [5, 5.41) is 4.07. The number of terminal acetylenes is 1. The van der Waals surface area contributed by atoms with E-state index < -0.39 is 11.2 Å². The second-order valence-electron chi connectivity index (χ2n) is 9.58. The molecule has 5 N–H and O–H groups in total. The average molecular weight is 496 g/mol. The maximum atomic E-state index is 11.4. The van der Waals surface area contributed by atoms with E-state index in [0.29, 0.717) is 44.5 Å². The van der Waals surface area contributed by atoms with E-state index in [1.54, 1.807) is 16.9 Å². The van der Waals surface area contributed by atoms with Crippen molar-refractivity contribution in [3.8, 4) is 12.3 Å². The lowest BCUT2D eigenvalue weighted by atomic mass is 10.2. The number of hydrogen-bond acceptors (Lipinski definition) is 9. The molecular formula is C25H45N5O5. The summed E-state index contributed by atoms with van der Waals surface area (Å²) >= 11 is 0. The quantitative estimate of drug-likeness (QED) is 0.105. The maximum Gasteiger partial charge on any atom is 0.306 e. The van der Waals surface area contributed by atoms with Crippen LogP contribution in [-0.4, -0.2) is 45.8 Å². The molecule has 0 aliphatic carbocycles. The Morgan fingerprint density at radius 1 is 1.09 bits per heavy atom. The number of anilines is 1. The Morgan fingerprint density at radius 3 is 2.00 bits per heavy atom. The molecule has 1 aromatic heterocycles. The van der Waals surface area contributed by atoms with Crippen LogP contribution in [0.1, 0.15) is 86.5 Å². The van der Waals surface area contributed by atoms with Crippen LogP contribution in [-0.2, 0) is 30.4 Å². The van der Waals surface area contributed by atoms with Crippen molar-refractivity contribution in [1.29, 1.82) is 0 Å². The monoisotopic (exact) mass is 495 g/mol. The maximum absolute atomic E-state index is 11.4. The van der Waals surface area contributed by atoms with Gasteiger partial charge >= 0.3 is 11.9 Å². The summed E-state index contributed by atoms with van der Waals surface area (Å²) in [6, 6.07) is 1.76. The number of ether oxygens (including phenoxy) is 2. The molecule has 0 saturated carbocycles. The molecule has 0 bridgehead atoms. The Morgan fingerprint density at radius 2 is 1.63 bits per heavy atom. The van der Waals surface area contributed by atoms with Gasteiger partial charge in [0.2, 0.25) is 0 Å². The van der Waals surface area contributed by atoms with Crippen LogP contribution >= 0.6 is 0 Å². The molecule has 35 heavy (non-hydrogen) atoms. The predicted octanol–water partition coefficient (Wildman–Crippen LogP) is 3.15. The summed E-state index contributed by atoms with van der Waals surface area (Å²) in [4.78, 5) is 32.3. The number of aryl methyl sites for hydroxylation is 1. The van der Waals surface area contributed by atoms with Crippen LogP contribution in [0.25, 0.3) is 0 Å². The standard InChI is InChI=1S/C12H21N3O2.C9H16O3.C4H8N2/c1-12(2,3)17-11(16)6-4-5-9-15-10(13)7-8-14-15;1-9(2,3)12-8(11)6-4-5-7-10;1-2-3-4-6-5/h7-8H,4-6,9,13H2,1-3H3;7H,4-6H2,1-3H3;1,6H,3-5H2. The van der Waals surface area contributed by atoms with Gasteiger partial charge in [0, 0.05) is 38.8 Å². The minimum absolute atomic E-state index is 0.147. The topological polar surface area (TPSA) is 152 Å². The number of aldehydes is 1. The summed E-state index contributed by atoms with van der Waals surface area (Å²) in [5.74, 6) is 7.57. The average Bonchev–Trinajstić information content (AvgIpc) is 3.13. The molecule has 1 rings (SSSR count). The molecule has 0 amide bonds. The first kappa shape index (κ1) is 34.3. The zero-order chi connectivity index (χ0) is 27.3. The van der Waals surface area contributed by atoms with Crippen molar-refractivity contribution >= 4 is 24.0 Å². The van der Waals surface area contributed by atoms with E-state index in [4.69, 9.17) is 27.5 Å². The molecule has 200 valence electrons. The SMILES string of the molecule is C#CCCNN.CC(C)(C)OC(=O)CCCC=O.CC(C)(C)OC(=O)CCCCn1nccc1N. The molecular weight excluding hydrogens is 450 g/mol. The first-order chi connectivity index (χ1) is 16.3. The molecule has 10 nitrogen and oxygen atoms in total. The van der Waals surface area contributed by atoms with E-state index in [1.165, 1.54) is 0 Å². The largest absolute Gasteiger partial charge is 0.460 e. The van der Waals surface area contributed by atoms with Crippen LogP contribution < -0.4 is 17.0 Å². The first-order valence-electron chi connectivity index (χ1n) is 11.8. The molecule has 1 aromatic rings. The van der Waals surface area contributed by atoms with Crippen LogP contribution in [0.3, 0.4) is 0 Å². The number of rotatable bonds is 11. The molecule has 0 saturated heterocycles. The zero-order valence-electron chi connectivity index (χ0n) is 22.3. The van der Waals surface area contributed by atoms with E-state index in [2.05, 4.69) is 16.4 Å². The number of nitrogens with zero attached hydrogens (tertiary/aromatic N) is 2. The summed E-state index contributed by atoms with van der Waals surface area (Å²) in [5.41, 5.74) is 7.28. The number of nitrogen functional groups attached to an aromatic ring is 1. The molecule has 0 radical (unpaired) electrons. The predicted molar refractivity (Wildman–Crippen MR) is 138 cm³/mol. The Bertz CT molecular complexity index is 758. The molecule has 0 aliphatic rings. The van der Waals surface area contributed by atoms with Crippen molar-refractivity contribution in [2.75, 3.05) is 12.3 Å². The Balaban J connectivity index is 0. The fraction of sp³-hybridized carbons (Fsp3) is 0.680. The van der Waals surface area contributed by atoms with E-state index in [-0.39, 0.29) is 11.9 Å². The lowest BCUT2D eigenvalue weighted by molar-refractivity contribution is -0.156. The molecule has 0 atom stereocenters. The highest BCUT2D eigenvalue weighted by atomic mass is 16.6. The van der Waals surface area contributed by atoms with Gasteiger partial charge in [0.05, 0.1) is 6.20 Å². The third kappa shape index (κ3) is 25.6. The van der Waals surface area contributed by atoms with E-state index in [9.17, 15) is 14.4 Å². The third-order valence-electron chi connectivity index (χ3n) is 3.71. The van der Waals surface area contributed by atoms with Gasteiger partial charge in [-0.15, -0.1) is 12.3 Å². The number of unbranched alkanes of at least 4 members (excludes halogenated alkanes) is 2. The number of hydrazine groups is 1. The minimum Gasteiger partial charge on any atom is -0.460 e. The summed E-state index contributed by atoms with van der Waals surface area (Å²) in [7, 11) is 0. The lowest BCUT2D eigenvalue weighted by Crippen LogP contribution is -2.23. The van der Waals surface area contributed by atoms with Gasteiger partial charge in [-0.1, -0.05) is 0 Å². The van der Waals surface area contributed by atoms with Gasteiger partial charge in [0.15, 0.2) is 0 Å². The zero-order valence-corrected chi connectivity index (χ0v) is 22.3. The van der Waals surface area contributed by atoms with E-state index in [0.717, 1.165) is 25.7 Å². The second kappa shape index (κ2) is 19.4. The van der Waals surface area contributed by atoms with Gasteiger partial charge in [-0.25, -0.2) is 0 Å². The number of hydrogen-bond donors (Lipinski definition) is 3. The number of aromatic nitrogens is 2. The lowest BCUT2D eigenvalue weighted by Gasteiger charge is -2.19. The van der Waals surface area contributed by atoms with Crippen LogP contribution in [0.2, 0.25) is 0 Å². The van der Waals surface area contributed by atoms with Crippen molar-refractivity contribution in [3.05, 3.63) is 12.3 Å². The van der Waals surface area contributed by atoms with Crippen molar-refractivity contribution in [2.45, 2.75) is 104 Å².